The minimum absolute atomic E-state index is 0.613. The lowest BCUT2D eigenvalue weighted by molar-refractivity contribution is 0.686. The molecular formula is C13H17BrS. The summed E-state index contributed by atoms with van der Waals surface area (Å²) in [5.41, 5.74) is 3.39. The zero-order chi connectivity index (χ0) is 10.9. The third kappa shape index (κ3) is 2.79. The molecule has 1 aromatic rings. The first-order valence-electron chi connectivity index (χ1n) is 5.41. The van der Waals surface area contributed by atoms with Gasteiger partial charge in [0.25, 0.3) is 0 Å². The van der Waals surface area contributed by atoms with Gasteiger partial charge < -0.3 is 0 Å². The van der Waals surface area contributed by atoms with Gasteiger partial charge in [-0.15, -0.1) is 11.8 Å². The lowest BCUT2D eigenvalue weighted by atomic mass is 10.2. The van der Waals surface area contributed by atoms with Crippen molar-refractivity contribution in [1.29, 1.82) is 0 Å². The van der Waals surface area contributed by atoms with E-state index in [2.05, 4.69) is 48.0 Å². The molecular weight excluding hydrogens is 268 g/mol. The second-order valence-corrected chi connectivity index (χ2v) is 6.27. The van der Waals surface area contributed by atoms with Gasteiger partial charge in [0.15, 0.2) is 0 Å². The number of hydrogen-bond donors (Lipinski definition) is 0. The highest BCUT2D eigenvalue weighted by atomic mass is 79.9. The molecule has 0 aliphatic heterocycles. The minimum atomic E-state index is 0.613. The van der Waals surface area contributed by atoms with Crippen LogP contribution in [0.1, 0.15) is 24.0 Å². The zero-order valence-corrected chi connectivity index (χ0v) is 11.7. The van der Waals surface area contributed by atoms with Gasteiger partial charge in [0.05, 0.1) is 0 Å². The number of aryl methyl sites for hydroxylation is 2. The molecule has 0 heterocycles. The predicted molar refractivity (Wildman–Crippen MR) is 72.1 cm³/mol. The number of alkyl halides is 1. The Morgan fingerprint density at radius 1 is 1.33 bits per heavy atom. The van der Waals surface area contributed by atoms with E-state index >= 15 is 0 Å². The molecule has 82 valence electrons. The van der Waals surface area contributed by atoms with Crippen molar-refractivity contribution in [3.63, 3.8) is 0 Å². The van der Waals surface area contributed by atoms with Crippen LogP contribution in [0.15, 0.2) is 23.1 Å². The molecule has 2 rings (SSSR count). The van der Waals surface area contributed by atoms with Crippen molar-refractivity contribution >= 4 is 27.7 Å². The van der Waals surface area contributed by atoms with E-state index in [-0.39, 0.29) is 0 Å². The van der Waals surface area contributed by atoms with Crippen LogP contribution >= 0.6 is 27.7 Å². The molecule has 0 radical (unpaired) electrons. The standard InChI is InChI=1S/C13H17BrS/c1-10-3-4-12(11(2)7-10)15-9-13(8-14)5-6-13/h3-4,7H,5-6,8-9H2,1-2H3. The topological polar surface area (TPSA) is 0 Å². The molecule has 1 aliphatic carbocycles. The zero-order valence-electron chi connectivity index (χ0n) is 9.35. The van der Waals surface area contributed by atoms with Crippen LogP contribution in [0, 0.1) is 19.3 Å². The van der Waals surface area contributed by atoms with Crippen LogP contribution in [-0.4, -0.2) is 11.1 Å². The van der Waals surface area contributed by atoms with Gasteiger partial charge in [-0.05, 0) is 43.7 Å². The van der Waals surface area contributed by atoms with E-state index in [9.17, 15) is 0 Å². The summed E-state index contributed by atoms with van der Waals surface area (Å²) in [6, 6.07) is 6.75. The number of benzene rings is 1. The third-order valence-corrected chi connectivity index (χ3v) is 5.82. The SMILES string of the molecule is Cc1ccc(SCC2(CBr)CC2)c(C)c1. The molecule has 0 aromatic heterocycles. The van der Waals surface area contributed by atoms with Crippen LogP contribution in [0.3, 0.4) is 0 Å². The van der Waals surface area contributed by atoms with Gasteiger partial charge in [0, 0.05) is 16.0 Å². The number of halogens is 1. The van der Waals surface area contributed by atoms with Gasteiger partial charge in [0.1, 0.15) is 0 Å². The van der Waals surface area contributed by atoms with E-state index < -0.39 is 0 Å². The summed E-state index contributed by atoms with van der Waals surface area (Å²) < 4.78 is 0. The summed E-state index contributed by atoms with van der Waals surface area (Å²) >= 11 is 5.64. The summed E-state index contributed by atoms with van der Waals surface area (Å²) in [5.74, 6) is 1.27. The average molecular weight is 285 g/mol. The van der Waals surface area contributed by atoms with Crippen molar-refractivity contribution < 1.29 is 0 Å². The maximum Gasteiger partial charge on any atom is 0.0102 e. The molecule has 1 saturated carbocycles. The fourth-order valence-corrected chi connectivity index (χ4v) is 4.01. The van der Waals surface area contributed by atoms with Gasteiger partial charge in [0.2, 0.25) is 0 Å². The molecule has 1 aromatic carbocycles. The highest BCUT2D eigenvalue weighted by Gasteiger charge is 2.41. The predicted octanol–water partition coefficient (Wildman–Crippen LogP) is 4.57. The molecule has 0 unspecified atom stereocenters. The fraction of sp³-hybridized carbons (Fsp3) is 0.538. The van der Waals surface area contributed by atoms with Gasteiger partial charge in [-0.1, -0.05) is 33.6 Å². The Balaban J connectivity index is 1.99. The molecule has 0 N–H and O–H groups in total. The monoisotopic (exact) mass is 284 g/mol. The maximum atomic E-state index is 3.62. The molecule has 0 bridgehead atoms. The molecule has 2 heteroatoms. The largest absolute Gasteiger partial charge is 0.125 e. The van der Waals surface area contributed by atoms with Crippen LogP contribution in [0.4, 0.5) is 0 Å². The molecule has 0 saturated heterocycles. The average Bonchev–Trinajstić information content (AvgIpc) is 2.97. The Bertz CT molecular complexity index is 356. The number of thioether (sulfide) groups is 1. The molecule has 1 fully saturated rings. The van der Waals surface area contributed by atoms with Gasteiger partial charge in [-0.25, -0.2) is 0 Å². The highest BCUT2D eigenvalue weighted by Crippen LogP contribution is 2.50. The van der Waals surface area contributed by atoms with Crippen molar-refractivity contribution in [1.82, 2.24) is 0 Å². The van der Waals surface area contributed by atoms with E-state index in [1.165, 1.54) is 34.6 Å². The third-order valence-electron chi connectivity index (χ3n) is 3.10. The van der Waals surface area contributed by atoms with Crippen molar-refractivity contribution in [2.45, 2.75) is 31.6 Å². The van der Waals surface area contributed by atoms with Crippen molar-refractivity contribution in [3.05, 3.63) is 29.3 Å². The van der Waals surface area contributed by atoms with Crippen LogP contribution in [0.2, 0.25) is 0 Å². The first kappa shape index (κ1) is 11.5. The summed E-state index contributed by atoms with van der Waals surface area (Å²) in [5, 5.41) is 1.16. The minimum Gasteiger partial charge on any atom is -0.125 e. The quantitative estimate of drug-likeness (QED) is 0.577. The fourth-order valence-electron chi connectivity index (χ4n) is 1.69. The second kappa shape index (κ2) is 4.50. The van der Waals surface area contributed by atoms with Gasteiger partial charge in [-0.3, -0.25) is 0 Å². The van der Waals surface area contributed by atoms with Gasteiger partial charge >= 0.3 is 0 Å². The Labute approximate surface area is 105 Å². The molecule has 1 aliphatic rings. The Kier molecular flexibility index (Phi) is 3.46. The molecule has 15 heavy (non-hydrogen) atoms. The summed E-state index contributed by atoms with van der Waals surface area (Å²) in [6.07, 6.45) is 2.80. The van der Waals surface area contributed by atoms with E-state index in [4.69, 9.17) is 0 Å². The first-order valence-corrected chi connectivity index (χ1v) is 7.52. The van der Waals surface area contributed by atoms with Crippen molar-refractivity contribution in [2.75, 3.05) is 11.1 Å². The number of hydrogen-bond acceptors (Lipinski definition) is 1. The van der Waals surface area contributed by atoms with Crippen LogP contribution in [0.5, 0.6) is 0 Å². The Morgan fingerprint density at radius 2 is 2.07 bits per heavy atom. The van der Waals surface area contributed by atoms with Crippen LogP contribution in [0.25, 0.3) is 0 Å². The van der Waals surface area contributed by atoms with E-state index in [0.717, 1.165) is 5.33 Å². The normalized spacial score (nSPS) is 17.8. The van der Waals surface area contributed by atoms with Crippen LogP contribution in [-0.2, 0) is 0 Å². The second-order valence-electron chi connectivity index (χ2n) is 4.69. The summed E-state index contributed by atoms with van der Waals surface area (Å²) in [7, 11) is 0. The molecule has 0 nitrogen and oxygen atoms in total. The molecule has 0 atom stereocenters. The van der Waals surface area contributed by atoms with Crippen molar-refractivity contribution in [3.8, 4) is 0 Å². The van der Waals surface area contributed by atoms with Crippen LogP contribution < -0.4 is 0 Å². The van der Waals surface area contributed by atoms with E-state index in [1.807, 2.05) is 11.8 Å². The summed E-state index contributed by atoms with van der Waals surface area (Å²) in [4.78, 5) is 1.45. The Morgan fingerprint density at radius 3 is 2.60 bits per heavy atom. The maximum absolute atomic E-state index is 3.62. The molecule has 0 amide bonds. The molecule has 0 spiro atoms. The lowest BCUT2D eigenvalue weighted by Crippen LogP contribution is -2.05. The first-order chi connectivity index (χ1) is 7.15. The van der Waals surface area contributed by atoms with Gasteiger partial charge in [-0.2, -0.15) is 0 Å². The highest BCUT2D eigenvalue weighted by molar-refractivity contribution is 9.09. The Hall–Kier alpha value is 0.0500. The smallest absolute Gasteiger partial charge is 0.0102 e. The van der Waals surface area contributed by atoms with E-state index in [1.54, 1.807) is 0 Å². The van der Waals surface area contributed by atoms with Crippen molar-refractivity contribution in [2.24, 2.45) is 5.41 Å². The van der Waals surface area contributed by atoms with E-state index in [0.29, 0.717) is 5.41 Å². The number of rotatable bonds is 4. The lowest BCUT2D eigenvalue weighted by Gasteiger charge is -2.12. The summed E-state index contributed by atoms with van der Waals surface area (Å²) in [6.45, 7) is 4.37.